The Morgan fingerprint density at radius 2 is 2.00 bits per heavy atom. The number of hydrogen-bond donors (Lipinski definition) is 0. The van der Waals surface area contributed by atoms with Crippen molar-refractivity contribution < 1.29 is 14.3 Å². The van der Waals surface area contributed by atoms with Crippen LogP contribution >= 0.6 is 0 Å². The molecule has 0 amide bonds. The van der Waals surface area contributed by atoms with E-state index in [4.69, 9.17) is 0 Å². The average molecular weight is 262 g/mol. The van der Waals surface area contributed by atoms with Crippen molar-refractivity contribution in [3.63, 3.8) is 0 Å². The van der Waals surface area contributed by atoms with E-state index in [0.717, 1.165) is 24.8 Å². The van der Waals surface area contributed by atoms with E-state index in [2.05, 4.69) is 4.90 Å². The Labute approximate surface area is 112 Å². The molecule has 0 radical (unpaired) electrons. The summed E-state index contributed by atoms with van der Waals surface area (Å²) >= 11 is 0. The number of piperidine rings is 1. The Hall–Kier alpha value is -1.42. The third kappa shape index (κ3) is 2.04. The molecular weight excluding hydrogens is 245 g/mol. The van der Waals surface area contributed by atoms with Gasteiger partial charge in [0.1, 0.15) is 5.82 Å². The zero-order valence-electron chi connectivity index (χ0n) is 10.9. The smallest absolute Gasteiger partial charge is 0.123 e. The molecule has 2 aliphatic rings. The van der Waals surface area contributed by atoms with E-state index in [9.17, 15) is 14.3 Å². The minimum absolute atomic E-state index is 0.0544. The van der Waals surface area contributed by atoms with Crippen LogP contribution in [-0.4, -0.2) is 30.0 Å². The molecule has 19 heavy (non-hydrogen) atoms. The molecule has 2 bridgehead atoms. The van der Waals surface area contributed by atoms with Crippen molar-refractivity contribution in [1.29, 1.82) is 0 Å². The highest BCUT2D eigenvalue weighted by molar-refractivity contribution is 5.70. The van der Waals surface area contributed by atoms with Gasteiger partial charge >= 0.3 is 0 Å². The monoisotopic (exact) mass is 262 g/mol. The van der Waals surface area contributed by atoms with Crippen molar-refractivity contribution in [2.24, 2.45) is 5.92 Å². The molecule has 0 spiro atoms. The first-order valence-electron chi connectivity index (χ1n) is 6.76. The predicted molar refractivity (Wildman–Crippen MR) is 66.8 cm³/mol. The Balaban J connectivity index is 1.95. The van der Waals surface area contributed by atoms with Crippen LogP contribution in [0.1, 0.15) is 30.7 Å². The molecule has 4 heteroatoms. The molecule has 0 aliphatic carbocycles. The average Bonchev–Trinajstić information content (AvgIpc) is 2.63. The molecule has 2 saturated heterocycles. The van der Waals surface area contributed by atoms with Gasteiger partial charge < -0.3 is 9.90 Å². The summed E-state index contributed by atoms with van der Waals surface area (Å²) in [4.78, 5) is 13.7. The summed E-state index contributed by atoms with van der Waals surface area (Å²) in [5, 5.41) is 11.5. The number of hydrogen-bond acceptors (Lipinski definition) is 3. The Kier molecular flexibility index (Phi) is 3.05. The van der Waals surface area contributed by atoms with Gasteiger partial charge in [-0.3, -0.25) is 4.90 Å². The van der Waals surface area contributed by atoms with Crippen LogP contribution in [0.2, 0.25) is 0 Å². The lowest BCUT2D eigenvalue weighted by Gasteiger charge is -2.43. The summed E-state index contributed by atoms with van der Waals surface area (Å²) in [6.07, 6.45) is 2.78. The SMILES string of the molecule is CN1[C@H]2CC[C@@H]1[C@H](C(=O)[O-])[C@@H](c1ccc(F)cc1)C2. The van der Waals surface area contributed by atoms with Gasteiger partial charge in [-0.2, -0.15) is 0 Å². The zero-order chi connectivity index (χ0) is 13.6. The maximum absolute atomic E-state index is 13.0. The minimum Gasteiger partial charge on any atom is -0.550 e. The molecule has 3 rings (SSSR count). The number of carboxylic acids is 1. The van der Waals surface area contributed by atoms with Gasteiger partial charge in [0.2, 0.25) is 0 Å². The number of carboxylic acid groups (broad SMARTS) is 1. The fourth-order valence-electron chi connectivity index (χ4n) is 3.84. The largest absolute Gasteiger partial charge is 0.550 e. The molecular formula is C15H17FNO2-. The van der Waals surface area contributed by atoms with Gasteiger partial charge in [-0.05, 0) is 49.9 Å². The van der Waals surface area contributed by atoms with Crippen LogP contribution in [0.5, 0.6) is 0 Å². The molecule has 2 aliphatic heterocycles. The zero-order valence-corrected chi connectivity index (χ0v) is 10.9. The summed E-state index contributed by atoms with van der Waals surface area (Å²) in [6.45, 7) is 0. The first-order chi connectivity index (χ1) is 9.08. The lowest BCUT2D eigenvalue weighted by molar-refractivity contribution is -0.315. The van der Waals surface area contributed by atoms with E-state index in [1.165, 1.54) is 12.1 Å². The van der Waals surface area contributed by atoms with E-state index in [1.807, 2.05) is 7.05 Å². The third-order valence-corrected chi connectivity index (χ3v) is 4.84. The summed E-state index contributed by atoms with van der Waals surface area (Å²) in [5.74, 6) is -1.82. The molecule has 2 heterocycles. The molecule has 0 N–H and O–H groups in total. The molecule has 1 aromatic rings. The van der Waals surface area contributed by atoms with Crippen molar-refractivity contribution >= 4 is 5.97 Å². The van der Waals surface area contributed by atoms with Gasteiger partial charge in [0.25, 0.3) is 0 Å². The van der Waals surface area contributed by atoms with Crippen molar-refractivity contribution in [2.45, 2.75) is 37.3 Å². The Morgan fingerprint density at radius 3 is 2.63 bits per heavy atom. The van der Waals surface area contributed by atoms with Gasteiger partial charge in [-0.15, -0.1) is 0 Å². The molecule has 3 nitrogen and oxygen atoms in total. The van der Waals surface area contributed by atoms with Crippen LogP contribution in [0.4, 0.5) is 4.39 Å². The quantitative estimate of drug-likeness (QED) is 0.803. The second-order valence-electron chi connectivity index (χ2n) is 5.70. The van der Waals surface area contributed by atoms with E-state index in [-0.39, 0.29) is 17.8 Å². The summed E-state index contributed by atoms with van der Waals surface area (Å²) in [6, 6.07) is 6.72. The molecule has 1 aromatic carbocycles. The number of aliphatic carboxylic acids is 1. The Bertz CT molecular complexity index is 487. The first kappa shape index (κ1) is 12.6. The van der Waals surface area contributed by atoms with Gasteiger partial charge in [0.15, 0.2) is 0 Å². The minimum atomic E-state index is -0.980. The number of carbonyl (C=O) groups excluding carboxylic acids is 1. The van der Waals surface area contributed by atoms with Crippen LogP contribution in [0.15, 0.2) is 24.3 Å². The normalized spacial score (nSPS) is 34.4. The molecule has 0 aromatic heterocycles. The van der Waals surface area contributed by atoms with Crippen molar-refractivity contribution in [2.75, 3.05) is 7.05 Å². The highest BCUT2D eigenvalue weighted by Crippen LogP contribution is 2.45. The fourth-order valence-corrected chi connectivity index (χ4v) is 3.84. The fraction of sp³-hybridized carbons (Fsp3) is 0.533. The topological polar surface area (TPSA) is 43.4 Å². The lowest BCUT2D eigenvalue weighted by Crippen LogP contribution is -2.52. The predicted octanol–water partition coefficient (Wildman–Crippen LogP) is 1.14. The van der Waals surface area contributed by atoms with Crippen molar-refractivity contribution in [3.05, 3.63) is 35.6 Å². The van der Waals surface area contributed by atoms with Crippen LogP contribution in [-0.2, 0) is 4.79 Å². The van der Waals surface area contributed by atoms with Crippen LogP contribution < -0.4 is 5.11 Å². The first-order valence-corrected chi connectivity index (χ1v) is 6.76. The summed E-state index contributed by atoms with van der Waals surface area (Å²) < 4.78 is 13.0. The molecule has 0 unspecified atom stereocenters. The number of rotatable bonds is 2. The molecule has 4 atom stereocenters. The molecule has 102 valence electrons. The number of fused-ring (bicyclic) bond motifs is 2. The lowest BCUT2D eigenvalue weighted by atomic mass is 9.76. The van der Waals surface area contributed by atoms with Gasteiger partial charge in [0, 0.05) is 24.0 Å². The summed E-state index contributed by atoms with van der Waals surface area (Å²) in [5.41, 5.74) is 0.917. The van der Waals surface area contributed by atoms with Crippen molar-refractivity contribution in [1.82, 2.24) is 4.90 Å². The van der Waals surface area contributed by atoms with Gasteiger partial charge in [0.05, 0.1) is 0 Å². The number of benzene rings is 1. The maximum Gasteiger partial charge on any atom is 0.123 e. The second-order valence-corrected chi connectivity index (χ2v) is 5.70. The van der Waals surface area contributed by atoms with Crippen LogP contribution in [0, 0.1) is 11.7 Å². The number of halogens is 1. The van der Waals surface area contributed by atoms with E-state index in [0.29, 0.717) is 6.04 Å². The van der Waals surface area contributed by atoms with Gasteiger partial charge in [-0.1, -0.05) is 12.1 Å². The van der Waals surface area contributed by atoms with Gasteiger partial charge in [-0.25, -0.2) is 4.39 Å². The number of nitrogens with zero attached hydrogens (tertiary/aromatic N) is 1. The maximum atomic E-state index is 13.0. The highest BCUT2D eigenvalue weighted by Gasteiger charge is 2.46. The Morgan fingerprint density at radius 1 is 1.32 bits per heavy atom. The van der Waals surface area contributed by atoms with E-state index in [1.54, 1.807) is 12.1 Å². The number of carbonyl (C=O) groups is 1. The van der Waals surface area contributed by atoms with Crippen LogP contribution in [0.25, 0.3) is 0 Å². The van der Waals surface area contributed by atoms with Crippen molar-refractivity contribution in [3.8, 4) is 0 Å². The highest BCUT2D eigenvalue weighted by atomic mass is 19.1. The third-order valence-electron chi connectivity index (χ3n) is 4.84. The van der Waals surface area contributed by atoms with E-state index < -0.39 is 11.9 Å². The standard InChI is InChI=1S/C15H18FNO2/c1-17-11-6-7-13(17)14(15(18)19)12(8-11)9-2-4-10(16)5-3-9/h2-5,11-14H,6-8H2,1H3,(H,18,19)/p-1/t11-,12+,13+,14+/m0/s1. The van der Waals surface area contributed by atoms with E-state index >= 15 is 0 Å². The summed E-state index contributed by atoms with van der Waals surface area (Å²) in [7, 11) is 2.00. The van der Waals surface area contributed by atoms with Crippen LogP contribution in [0.3, 0.4) is 0 Å². The molecule has 2 fully saturated rings. The molecule has 0 saturated carbocycles. The second kappa shape index (κ2) is 4.60.